The van der Waals surface area contributed by atoms with Crippen molar-refractivity contribution >= 4 is 18.0 Å². The quantitative estimate of drug-likeness (QED) is 0.762. The number of pyridine rings is 1. The lowest BCUT2D eigenvalue weighted by molar-refractivity contribution is -0.139. The molecule has 112 valence electrons. The Hall–Kier alpha value is -0.770. The molecule has 0 amide bonds. The van der Waals surface area contributed by atoms with E-state index in [1.165, 1.54) is 20.2 Å². The van der Waals surface area contributed by atoms with E-state index >= 15 is 0 Å². The minimum Gasteiger partial charge on any atom is -0.481 e. The van der Waals surface area contributed by atoms with Gasteiger partial charge in [0, 0.05) is 12.6 Å². The molecule has 4 nitrogen and oxygen atoms in total. The summed E-state index contributed by atoms with van der Waals surface area (Å²) in [4.78, 5) is 3.73. The number of hydrogen-bond donors (Lipinski definition) is 0. The lowest BCUT2D eigenvalue weighted by Gasteiger charge is -2.17. The molecule has 0 aliphatic rings. The van der Waals surface area contributed by atoms with Crippen LogP contribution < -0.4 is 4.74 Å². The van der Waals surface area contributed by atoms with Gasteiger partial charge in [-0.15, -0.1) is 0 Å². The van der Waals surface area contributed by atoms with E-state index in [2.05, 4.69) is 18.9 Å². The van der Waals surface area contributed by atoms with Gasteiger partial charge in [-0.3, -0.25) is 0 Å². The second-order valence-corrected chi connectivity index (χ2v) is 5.41. The Balaban J connectivity index is 3.11. The van der Waals surface area contributed by atoms with Crippen LogP contribution in [-0.2, 0) is 17.1 Å². The highest BCUT2D eigenvalue weighted by Gasteiger charge is 2.38. The Morgan fingerprint density at radius 3 is 2.65 bits per heavy atom. The maximum absolute atomic E-state index is 13.0. The average molecular weight is 326 g/mol. The second kappa shape index (κ2) is 7.30. The van der Waals surface area contributed by atoms with E-state index < -0.39 is 17.6 Å². The maximum Gasteiger partial charge on any atom is 0.421 e. The predicted octanol–water partition coefficient (Wildman–Crippen LogP) is 4.20. The van der Waals surface area contributed by atoms with E-state index in [0.29, 0.717) is 20.6 Å². The maximum atomic E-state index is 13.0. The number of rotatable bonds is 5. The molecule has 0 aromatic carbocycles. The van der Waals surface area contributed by atoms with Gasteiger partial charge in [-0.05, 0) is 34.4 Å². The van der Waals surface area contributed by atoms with Gasteiger partial charge in [0.15, 0.2) is 8.60 Å². The summed E-state index contributed by atoms with van der Waals surface area (Å²) in [5.74, 6) is -0.412. The largest absolute Gasteiger partial charge is 0.481 e. The lowest BCUT2D eigenvalue weighted by Crippen LogP contribution is -2.15. The van der Waals surface area contributed by atoms with Crippen LogP contribution in [0.3, 0.4) is 0 Å². The third kappa shape index (κ3) is 4.37. The third-order valence-electron chi connectivity index (χ3n) is 2.67. The first-order valence-electron chi connectivity index (χ1n) is 5.67. The second-order valence-electron chi connectivity index (χ2n) is 4.11. The summed E-state index contributed by atoms with van der Waals surface area (Å²) in [7, 11) is 3.73. The molecule has 1 unspecified atom stereocenters. The number of hydrogen-bond acceptors (Lipinski definition) is 4. The minimum absolute atomic E-state index is 0.110. The Labute approximate surface area is 119 Å². The van der Waals surface area contributed by atoms with Crippen molar-refractivity contribution in [2.75, 3.05) is 7.11 Å². The van der Waals surface area contributed by atoms with Gasteiger partial charge in [0.1, 0.15) is 5.56 Å². The molecule has 2 atom stereocenters. The van der Waals surface area contributed by atoms with Gasteiger partial charge >= 0.3 is 6.18 Å². The van der Waals surface area contributed by atoms with Crippen molar-refractivity contribution in [1.82, 2.24) is 4.98 Å². The van der Waals surface area contributed by atoms with E-state index in [9.17, 15) is 13.2 Å². The van der Waals surface area contributed by atoms with Crippen LogP contribution in [0.5, 0.6) is 5.88 Å². The molecule has 9 heteroatoms. The molecule has 0 aliphatic heterocycles. The Bertz CT molecular complexity index is 495. The molecule has 0 fully saturated rings. The van der Waals surface area contributed by atoms with Gasteiger partial charge in [-0.1, -0.05) is 0 Å². The first-order chi connectivity index (χ1) is 9.31. The number of ether oxygens (including phenoxy) is 1. The van der Waals surface area contributed by atoms with Crippen LogP contribution in [0.25, 0.3) is 0 Å². The summed E-state index contributed by atoms with van der Waals surface area (Å²) >= 11 is 0. The highest BCUT2D eigenvalue weighted by molar-refractivity contribution is 7.31. The predicted molar refractivity (Wildman–Crippen MR) is 73.8 cm³/mol. The Kier molecular flexibility index (Phi) is 6.31. The average Bonchev–Trinajstić information content (AvgIpc) is 2.36. The topological polar surface area (TPSA) is 43.7 Å². The molecule has 0 spiro atoms. The molecule has 0 bridgehead atoms. The van der Waals surface area contributed by atoms with E-state index in [-0.39, 0.29) is 11.7 Å². The summed E-state index contributed by atoms with van der Waals surface area (Å²) in [5, 5.41) is 0. The molecule has 0 aliphatic carbocycles. The molecule has 1 aromatic rings. The summed E-state index contributed by atoms with van der Waals surface area (Å²) in [6, 6.07) is 0. The Morgan fingerprint density at radius 1 is 1.50 bits per heavy atom. The smallest absolute Gasteiger partial charge is 0.421 e. The van der Waals surface area contributed by atoms with E-state index in [1.807, 2.05) is 0 Å². The zero-order chi connectivity index (χ0) is 15.3. The van der Waals surface area contributed by atoms with Crippen molar-refractivity contribution in [3.05, 3.63) is 22.9 Å². The molecular weight excluding hydrogens is 311 g/mol. The standard InChI is InChI=1S/C11H15F3N2O2P2/c1-6(18-20-16-19)4-8-5-15-10(17-3)9(7(8)2)11(12,13)14/h5-6H,4,19H2,1-3H3/t6-/m0/s1. The van der Waals surface area contributed by atoms with Crippen LogP contribution in [0, 0.1) is 6.92 Å². The summed E-state index contributed by atoms with van der Waals surface area (Å²) in [5.41, 5.74) is -0.248. The first-order valence-corrected chi connectivity index (χ1v) is 6.95. The van der Waals surface area contributed by atoms with Gasteiger partial charge < -0.3 is 9.26 Å². The monoisotopic (exact) mass is 326 g/mol. The van der Waals surface area contributed by atoms with Crippen LogP contribution in [0.2, 0.25) is 0 Å². The van der Waals surface area contributed by atoms with Crippen molar-refractivity contribution in [3.63, 3.8) is 0 Å². The third-order valence-corrected chi connectivity index (χ3v) is 3.50. The molecule has 20 heavy (non-hydrogen) atoms. The number of halogens is 3. The molecule has 0 radical (unpaired) electrons. The van der Waals surface area contributed by atoms with Gasteiger partial charge in [-0.2, -0.15) is 13.2 Å². The van der Waals surface area contributed by atoms with Gasteiger partial charge in [-0.25, -0.2) is 9.50 Å². The van der Waals surface area contributed by atoms with Crippen molar-refractivity contribution < 1.29 is 22.4 Å². The summed E-state index contributed by atoms with van der Waals surface area (Å²) in [6.45, 7) is 3.17. The number of alkyl halides is 3. The van der Waals surface area contributed by atoms with Gasteiger partial charge in [0.2, 0.25) is 5.88 Å². The molecule has 0 N–H and O–H groups in total. The van der Waals surface area contributed by atoms with Crippen molar-refractivity contribution in [3.8, 4) is 5.88 Å². The van der Waals surface area contributed by atoms with E-state index in [1.54, 1.807) is 6.92 Å². The first kappa shape index (κ1) is 17.3. The molecule has 0 saturated carbocycles. The van der Waals surface area contributed by atoms with Crippen LogP contribution in [0.15, 0.2) is 10.7 Å². The fourth-order valence-electron chi connectivity index (χ4n) is 1.77. The molecular formula is C11H15F3N2O2P2. The van der Waals surface area contributed by atoms with E-state index in [0.717, 1.165) is 0 Å². The van der Waals surface area contributed by atoms with Crippen molar-refractivity contribution in [1.29, 1.82) is 0 Å². The normalized spacial score (nSPS) is 13.8. The molecule has 1 rings (SSSR count). The number of methoxy groups -OCH3 is 1. The fourth-order valence-corrected chi connectivity index (χ4v) is 2.22. The zero-order valence-electron chi connectivity index (χ0n) is 11.2. The molecule has 1 heterocycles. The zero-order valence-corrected chi connectivity index (χ0v) is 13.3. The van der Waals surface area contributed by atoms with Crippen LogP contribution in [0.1, 0.15) is 23.6 Å². The number of nitrogens with zero attached hydrogens (tertiary/aromatic N) is 2. The van der Waals surface area contributed by atoms with Crippen LogP contribution in [-0.4, -0.2) is 18.2 Å². The van der Waals surface area contributed by atoms with Gasteiger partial charge in [0.05, 0.1) is 13.2 Å². The fraction of sp³-hybridized carbons (Fsp3) is 0.545. The molecule has 1 aromatic heterocycles. The van der Waals surface area contributed by atoms with Crippen LogP contribution >= 0.6 is 18.0 Å². The highest BCUT2D eigenvalue weighted by Crippen LogP contribution is 2.38. The summed E-state index contributed by atoms with van der Waals surface area (Å²) < 4.78 is 52.8. The molecule has 0 saturated heterocycles. The van der Waals surface area contributed by atoms with Gasteiger partial charge in [0.25, 0.3) is 0 Å². The van der Waals surface area contributed by atoms with Crippen molar-refractivity contribution in [2.45, 2.75) is 32.5 Å². The number of aromatic nitrogens is 1. The Morgan fingerprint density at radius 2 is 2.15 bits per heavy atom. The van der Waals surface area contributed by atoms with E-state index in [4.69, 9.17) is 9.26 Å². The summed E-state index contributed by atoms with van der Waals surface area (Å²) in [6.07, 6.45) is -3.07. The van der Waals surface area contributed by atoms with Crippen LogP contribution in [0.4, 0.5) is 13.2 Å². The minimum atomic E-state index is -4.50. The van der Waals surface area contributed by atoms with Crippen molar-refractivity contribution in [2.24, 2.45) is 4.52 Å². The lowest BCUT2D eigenvalue weighted by atomic mass is 10.0. The highest BCUT2D eigenvalue weighted by atomic mass is 31.1. The SMILES string of the molecule is COc1ncc(C[C@H](C)OP=NP)c(C)c1C(F)(F)F.